The molecule has 6 nitrogen and oxygen atoms in total. The van der Waals surface area contributed by atoms with Gasteiger partial charge in [0.2, 0.25) is 0 Å². The number of benzene rings is 4. The summed E-state index contributed by atoms with van der Waals surface area (Å²) in [5, 5.41) is 6.30. The third kappa shape index (κ3) is 6.38. The summed E-state index contributed by atoms with van der Waals surface area (Å²) in [5.74, 6) is 0. The summed E-state index contributed by atoms with van der Waals surface area (Å²) >= 11 is 0. The summed E-state index contributed by atoms with van der Waals surface area (Å²) in [5.41, 5.74) is 4.73. The second-order valence-electron chi connectivity index (χ2n) is 8.64. The summed E-state index contributed by atoms with van der Waals surface area (Å²) < 4.78 is 27.0. The SMILES string of the molecule is Cc1ccc(S(=O)(=O)NC(=O)Nc2ccc(C(N[C@H](C)c3ccccc3)c3ccccc3)cc2)cc1. The summed E-state index contributed by atoms with van der Waals surface area (Å²) in [6.07, 6.45) is 0. The number of nitrogens with one attached hydrogen (secondary N) is 3. The van der Waals surface area contributed by atoms with Gasteiger partial charge in [0.25, 0.3) is 10.0 Å². The molecule has 0 saturated heterocycles. The van der Waals surface area contributed by atoms with Gasteiger partial charge in [-0.05, 0) is 54.8 Å². The van der Waals surface area contributed by atoms with Crippen molar-refractivity contribution in [2.24, 2.45) is 0 Å². The van der Waals surface area contributed by atoms with E-state index in [-0.39, 0.29) is 17.0 Å². The predicted octanol–water partition coefficient (Wildman–Crippen LogP) is 5.95. The maximum absolute atomic E-state index is 12.5. The van der Waals surface area contributed by atoms with Crippen molar-refractivity contribution < 1.29 is 13.2 Å². The van der Waals surface area contributed by atoms with Crippen LogP contribution in [0.4, 0.5) is 10.5 Å². The highest BCUT2D eigenvalue weighted by Gasteiger charge is 2.19. The van der Waals surface area contributed by atoms with Gasteiger partial charge < -0.3 is 5.32 Å². The van der Waals surface area contributed by atoms with E-state index in [1.54, 1.807) is 24.3 Å². The Morgan fingerprint density at radius 2 is 1.22 bits per heavy atom. The van der Waals surface area contributed by atoms with Crippen molar-refractivity contribution in [3.63, 3.8) is 0 Å². The molecule has 0 fully saturated rings. The van der Waals surface area contributed by atoms with Crippen molar-refractivity contribution in [1.82, 2.24) is 10.0 Å². The van der Waals surface area contributed by atoms with Crippen LogP contribution in [0.1, 0.15) is 41.3 Å². The van der Waals surface area contributed by atoms with Crippen LogP contribution >= 0.6 is 0 Å². The van der Waals surface area contributed by atoms with Crippen molar-refractivity contribution >= 4 is 21.7 Å². The number of sulfonamides is 1. The van der Waals surface area contributed by atoms with E-state index < -0.39 is 16.1 Å². The van der Waals surface area contributed by atoms with Crippen molar-refractivity contribution in [1.29, 1.82) is 0 Å². The van der Waals surface area contributed by atoms with Gasteiger partial charge in [-0.1, -0.05) is 90.5 Å². The van der Waals surface area contributed by atoms with E-state index in [0.717, 1.165) is 16.7 Å². The first-order valence-corrected chi connectivity index (χ1v) is 13.2. The minimum Gasteiger partial charge on any atom is -0.307 e. The number of urea groups is 1. The summed E-state index contributed by atoms with van der Waals surface area (Å²) in [6, 6.07) is 33.2. The maximum atomic E-state index is 12.5. The van der Waals surface area contributed by atoms with Crippen molar-refractivity contribution in [3.8, 4) is 0 Å². The third-order valence-corrected chi connectivity index (χ3v) is 7.26. The molecule has 0 aromatic heterocycles. The van der Waals surface area contributed by atoms with E-state index >= 15 is 0 Å². The zero-order valence-electron chi connectivity index (χ0n) is 20.2. The van der Waals surface area contributed by atoms with Gasteiger partial charge in [0.05, 0.1) is 10.9 Å². The summed E-state index contributed by atoms with van der Waals surface area (Å²) in [4.78, 5) is 12.4. The third-order valence-electron chi connectivity index (χ3n) is 5.91. The molecule has 184 valence electrons. The number of amides is 2. The lowest BCUT2D eigenvalue weighted by Gasteiger charge is -2.25. The Kier molecular flexibility index (Phi) is 7.83. The zero-order valence-corrected chi connectivity index (χ0v) is 21.0. The normalized spacial score (nSPS) is 12.9. The Labute approximate surface area is 212 Å². The van der Waals surface area contributed by atoms with E-state index in [1.807, 2.05) is 55.5 Å². The number of rotatable bonds is 8. The average molecular weight is 500 g/mol. The summed E-state index contributed by atoms with van der Waals surface area (Å²) in [7, 11) is -3.97. The van der Waals surface area contributed by atoms with Crippen LogP contribution in [0.2, 0.25) is 0 Å². The van der Waals surface area contributed by atoms with Gasteiger partial charge in [-0.25, -0.2) is 17.9 Å². The number of anilines is 1. The Hall–Kier alpha value is -3.94. The van der Waals surface area contributed by atoms with Crippen LogP contribution in [-0.2, 0) is 10.0 Å². The lowest BCUT2D eigenvalue weighted by Crippen LogP contribution is -2.34. The molecule has 4 aromatic carbocycles. The highest BCUT2D eigenvalue weighted by molar-refractivity contribution is 7.90. The lowest BCUT2D eigenvalue weighted by atomic mass is 9.96. The quantitative estimate of drug-likeness (QED) is 0.280. The number of carbonyl (C=O) groups is 1. The van der Waals surface area contributed by atoms with Crippen molar-refractivity contribution in [2.75, 3.05) is 5.32 Å². The fraction of sp³-hybridized carbons (Fsp3) is 0.138. The average Bonchev–Trinajstić information content (AvgIpc) is 2.88. The van der Waals surface area contributed by atoms with Crippen LogP contribution in [-0.4, -0.2) is 14.4 Å². The molecule has 1 unspecified atom stereocenters. The molecule has 0 heterocycles. The minimum absolute atomic E-state index is 0.0305. The standard InChI is InChI=1S/C29H29N3O3S/c1-21-13-19-27(20-14-21)36(34,35)32-29(33)31-26-17-15-25(16-18-26)28(24-11-7-4-8-12-24)30-22(2)23-9-5-3-6-10-23/h3-20,22,28,30H,1-2H3,(H2,31,32,33)/t22-,28?/m1/s1. The molecule has 0 aliphatic carbocycles. The maximum Gasteiger partial charge on any atom is 0.333 e. The van der Waals surface area contributed by atoms with Gasteiger partial charge in [-0.15, -0.1) is 0 Å². The Morgan fingerprint density at radius 3 is 1.81 bits per heavy atom. The Balaban J connectivity index is 1.48. The van der Waals surface area contributed by atoms with E-state index in [9.17, 15) is 13.2 Å². The van der Waals surface area contributed by atoms with Gasteiger partial charge in [0.15, 0.2) is 0 Å². The summed E-state index contributed by atoms with van der Waals surface area (Å²) in [6.45, 7) is 3.99. The van der Waals surface area contributed by atoms with Crippen molar-refractivity contribution in [3.05, 3.63) is 131 Å². The first kappa shape index (κ1) is 25.2. The van der Waals surface area contributed by atoms with Gasteiger partial charge in [-0.3, -0.25) is 5.32 Å². The lowest BCUT2D eigenvalue weighted by molar-refractivity contribution is 0.256. The van der Waals surface area contributed by atoms with E-state index in [0.29, 0.717) is 5.69 Å². The molecule has 7 heteroatoms. The van der Waals surface area contributed by atoms with Gasteiger partial charge in [-0.2, -0.15) is 0 Å². The first-order chi connectivity index (χ1) is 17.3. The molecule has 2 amide bonds. The fourth-order valence-electron chi connectivity index (χ4n) is 3.93. The monoisotopic (exact) mass is 499 g/mol. The highest BCUT2D eigenvalue weighted by atomic mass is 32.2. The van der Waals surface area contributed by atoms with E-state index in [2.05, 4.69) is 46.5 Å². The molecule has 0 bridgehead atoms. The van der Waals surface area contributed by atoms with E-state index in [1.165, 1.54) is 17.7 Å². The topological polar surface area (TPSA) is 87.3 Å². The largest absolute Gasteiger partial charge is 0.333 e. The highest BCUT2D eigenvalue weighted by Crippen LogP contribution is 2.27. The van der Waals surface area contributed by atoms with Crippen LogP contribution < -0.4 is 15.4 Å². The van der Waals surface area contributed by atoms with Crippen LogP contribution in [0.15, 0.2) is 114 Å². The molecule has 0 aliphatic heterocycles. The van der Waals surface area contributed by atoms with E-state index in [4.69, 9.17) is 0 Å². The van der Waals surface area contributed by atoms with Gasteiger partial charge >= 0.3 is 6.03 Å². The van der Waals surface area contributed by atoms with Crippen LogP contribution in [0.3, 0.4) is 0 Å². The number of carbonyl (C=O) groups excluding carboxylic acids is 1. The first-order valence-electron chi connectivity index (χ1n) is 11.7. The molecule has 0 saturated carbocycles. The van der Waals surface area contributed by atoms with Crippen LogP contribution in [0.25, 0.3) is 0 Å². The molecule has 0 aliphatic rings. The second kappa shape index (κ2) is 11.2. The van der Waals surface area contributed by atoms with Crippen LogP contribution in [0.5, 0.6) is 0 Å². The number of hydrogen-bond donors (Lipinski definition) is 3. The fourth-order valence-corrected chi connectivity index (χ4v) is 4.84. The predicted molar refractivity (Wildman–Crippen MR) is 143 cm³/mol. The Bertz CT molecular complexity index is 1390. The Morgan fingerprint density at radius 1 is 0.694 bits per heavy atom. The smallest absolute Gasteiger partial charge is 0.307 e. The molecule has 0 radical (unpaired) electrons. The molecule has 0 spiro atoms. The number of hydrogen-bond acceptors (Lipinski definition) is 4. The molecule has 3 N–H and O–H groups in total. The molecular weight excluding hydrogens is 470 g/mol. The second-order valence-corrected chi connectivity index (χ2v) is 10.3. The van der Waals surface area contributed by atoms with Gasteiger partial charge in [0.1, 0.15) is 0 Å². The molecular formula is C29H29N3O3S. The molecule has 36 heavy (non-hydrogen) atoms. The minimum atomic E-state index is -3.97. The molecule has 4 rings (SSSR count). The number of aryl methyl sites for hydroxylation is 1. The molecule has 2 atom stereocenters. The molecule has 4 aromatic rings. The zero-order chi connectivity index (χ0) is 25.5. The van der Waals surface area contributed by atoms with Gasteiger partial charge in [0, 0.05) is 11.7 Å². The van der Waals surface area contributed by atoms with Crippen molar-refractivity contribution in [2.45, 2.75) is 30.8 Å². The van der Waals surface area contributed by atoms with Crippen LogP contribution in [0, 0.1) is 6.92 Å².